The van der Waals surface area contributed by atoms with E-state index in [1.165, 1.54) is 14.3 Å². The summed E-state index contributed by atoms with van der Waals surface area (Å²) in [6, 6.07) is 1.82. The van der Waals surface area contributed by atoms with Crippen molar-refractivity contribution in [1.82, 2.24) is 29.4 Å². The molecule has 1 fully saturated rings. The first-order valence-electron chi connectivity index (χ1n) is 8.96. The molecule has 0 aromatic carbocycles. The highest BCUT2D eigenvalue weighted by Crippen LogP contribution is 2.07. The predicted octanol–water partition coefficient (Wildman–Crippen LogP) is 0.199. The average Bonchev–Trinajstić information content (AvgIpc) is 3.10. The molecule has 28 heavy (non-hydrogen) atoms. The fourth-order valence-corrected chi connectivity index (χ4v) is 2.89. The summed E-state index contributed by atoms with van der Waals surface area (Å²) in [6.07, 6.45) is -0.391. The Labute approximate surface area is 161 Å². The van der Waals surface area contributed by atoms with Crippen LogP contribution in [0.4, 0.5) is 4.79 Å². The Bertz CT molecular complexity index is 903. The summed E-state index contributed by atoms with van der Waals surface area (Å²) < 4.78 is 11.4. The number of amides is 2. The SMILES string of the molecule is CCOC(=O)N1CCN(C(=O)COC(=O)c2nc3nc(C)cc(C)n3n2)CC1. The first-order valence-corrected chi connectivity index (χ1v) is 8.96. The molecule has 0 bridgehead atoms. The Morgan fingerprint density at radius 1 is 1.04 bits per heavy atom. The number of rotatable bonds is 4. The lowest BCUT2D eigenvalue weighted by atomic mass is 10.3. The molecule has 3 rings (SSSR count). The van der Waals surface area contributed by atoms with Gasteiger partial charge in [0.15, 0.2) is 6.61 Å². The number of carbonyl (C=O) groups excluding carboxylic acids is 3. The minimum atomic E-state index is -0.791. The number of fused-ring (bicyclic) bond motifs is 1. The third-order valence-electron chi connectivity index (χ3n) is 4.29. The largest absolute Gasteiger partial charge is 0.450 e. The molecule has 150 valence electrons. The molecular weight excluding hydrogens is 368 g/mol. The van der Waals surface area contributed by atoms with E-state index >= 15 is 0 Å². The van der Waals surface area contributed by atoms with E-state index in [9.17, 15) is 14.4 Å². The highest BCUT2D eigenvalue weighted by molar-refractivity contribution is 5.88. The van der Waals surface area contributed by atoms with Crippen LogP contribution in [0.3, 0.4) is 0 Å². The number of hydrogen-bond donors (Lipinski definition) is 0. The van der Waals surface area contributed by atoms with Crippen molar-refractivity contribution in [3.05, 3.63) is 23.3 Å². The van der Waals surface area contributed by atoms with Gasteiger partial charge < -0.3 is 19.3 Å². The van der Waals surface area contributed by atoms with E-state index in [1.54, 1.807) is 6.92 Å². The molecule has 0 N–H and O–H groups in total. The summed E-state index contributed by atoms with van der Waals surface area (Å²) in [7, 11) is 0. The maximum absolute atomic E-state index is 12.3. The summed E-state index contributed by atoms with van der Waals surface area (Å²) in [6.45, 7) is 6.72. The van der Waals surface area contributed by atoms with Crippen LogP contribution in [0.15, 0.2) is 6.07 Å². The summed E-state index contributed by atoms with van der Waals surface area (Å²) >= 11 is 0. The smallest absolute Gasteiger partial charge is 0.409 e. The summed E-state index contributed by atoms with van der Waals surface area (Å²) in [4.78, 5) is 47.5. The molecule has 3 heterocycles. The quantitative estimate of drug-likeness (QED) is 0.679. The molecule has 0 aliphatic carbocycles. The lowest BCUT2D eigenvalue weighted by molar-refractivity contribution is -0.136. The zero-order chi connectivity index (χ0) is 20.3. The molecule has 0 unspecified atom stereocenters. The molecule has 0 radical (unpaired) electrons. The Hall–Kier alpha value is -3.24. The third-order valence-corrected chi connectivity index (χ3v) is 4.29. The van der Waals surface area contributed by atoms with Gasteiger partial charge in [-0.2, -0.15) is 4.98 Å². The molecule has 0 saturated carbocycles. The van der Waals surface area contributed by atoms with Crippen molar-refractivity contribution >= 4 is 23.7 Å². The van der Waals surface area contributed by atoms with Gasteiger partial charge in [-0.3, -0.25) is 4.79 Å². The maximum atomic E-state index is 12.3. The molecule has 1 saturated heterocycles. The number of hydrogen-bond acceptors (Lipinski definition) is 8. The van der Waals surface area contributed by atoms with E-state index < -0.39 is 18.7 Å². The number of nitrogens with zero attached hydrogens (tertiary/aromatic N) is 6. The second-order valence-corrected chi connectivity index (χ2v) is 6.33. The van der Waals surface area contributed by atoms with Crippen LogP contribution in [0.2, 0.25) is 0 Å². The van der Waals surface area contributed by atoms with E-state index in [0.717, 1.165) is 11.4 Å². The number of ether oxygens (including phenoxy) is 2. The number of aromatic nitrogens is 4. The summed E-state index contributed by atoms with van der Waals surface area (Å²) in [5.41, 5.74) is 1.54. The highest BCUT2D eigenvalue weighted by atomic mass is 16.6. The molecule has 2 amide bonds. The lowest BCUT2D eigenvalue weighted by Crippen LogP contribution is -2.51. The van der Waals surface area contributed by atoms with Crippen LogP contribution in [-0.2, 0) is 14.3 Å². The van der Waals surface area contributed by atoms with Crippen LogP contribution in [0.5, 0.6) is 0 Å². The standard InChI is InChI=1S/C17H22N6O5/c1-4-27-17(26)22-7-5-21(6-8-22)13(24)10-28-15(25)14-19-16-18-11(2)9-12(3)23(16)20-14/h9H,4-8,10H2,1-3H3. The van der Waals surface area contributed by atoms with E-state index in [1.807, 2.05) is 19.9 Å². The van der Waals surface area contributed by atoms with Gasteiger partial charge in [0.2, 0.25) is 0 Å². The molecule has 11 nitrogen and oxygen atoms in total. The van der Waals surface area contributed by atoms with Crippen molar-refractivity contribution in [2.75, 3.05) is 39.4 Å². The Morgan fingerprint density at radius 2 is 1.71 bits per heavy atom. The summed E-state index contributed by atoms with van der Waals surface area (Å²) in [5, 5.41) is 4.08. The van der Waals surface area contributed by atoms with Gasteiger partial charge in [-0.15, -0.1) is 5.10 Å². The van der Waals surface area contributed by atoms with Crippen molar-refractivity contribution in [3.8, 4) is 0 Å². The monoisotopic (exact) mass is 390 g/mol. The number of piperazine rings is 1. The number of esters is 1. The predicted molar refractivity (Wildman–Crippen MR) is 95.7 cm³/mol. The molecule has 1 aliphatic rings. The maximum Gasteiger partial charge on any atom is 0.409 e. The van der Waals surface area contributed by atoms with Gasteiger partial charge in [-0.25, -0.2) is 19.1 Å². The lowest BCUT2D eigenvalue weighted by Gasteiger charge is -2.33. The van der Waals surface area contributed by atoms with Gasteiger partial charge in [0.25, 0.3) is 17.5 Å². The molecule has 1 aliphatic heterocycles. The second-order valence-electron chi connectivity index (χ2n) is 6.33. The van der Waals surface area contributed by atoms with Crippen LogP contribution in [-0.4, -0.2) is 86.7 Å². The average molecular weight is 390 g/mol. The minimum Gasteiger partial charge on any atom is -0.450 e. The van der Waals surface area contributed by atoms with Crippen LogP contribution in [0.25, 0.3) is 5.78 Å². The van der Waals surface area contributed by atoms with Crippen molar-refractivity contribution in [2.24, 2.45) is 0 Å². The topological polar surface area (TPSA) is 119 Å². The molecular formula is C17H22N6O5. The molecule has 11 heteroatoms. The van der Waals surface area contributed by atoms with Crippen molar-refractivity contribution in [2.45, 2.75) is 20.8 Å². The van der Waals surface area contributed by atoms with Gasteiger partial charge in [0.1, 0.15) is 0 Å². The Balaban J connectivity index is 1.53. The van der Waals surface area contributed by atoms with Gasteiger partial charge in [-0.1, -0.05) is 0 Å². The molecule has 0 atom stereocenters. The van der Waals surface area contributed by atoms with Crippen LogP contribution in [0, 0.1) is 13.8 Å². The van der Waals surface area contributed by atoms with Gasteiger partial charge in [0.05, 0.1) is 6.61 Å². The first-order chi connectivity index (χ1) is 13.4. The molecule has 2 aromatic heterocycles. The van der Waals surface area contributed by atoms with E-state index in [2.05, 4.69) is 15.1 Å². The Kier molecular flexibility index (Phi) is 5.71. The fourth-order valence-electron chi connectivity index (χ4n) is 2.89. The van der Waals surface area contributed by atoms with Crippen LogP contribution in [0.1, 0.15) is 28.9 Å². The van der Waals surface area contributed by atoms with Crippen molar-refractivity contribution in [1.29, 1.82) is 0 Å². The van der Waals surface area contributed by atoms with E-state index in [-0.39, 0.29) is 11.7 Å². The van der Waals surface area contributed by atoms with Crippen molar-refractivity contribution in [3.63, 3.8) is 0 Å². The zero-order valence-corrected chi connectivity index (χ0v) is 16.0. The third kappa shape index (κ3) is 4.18. The van der Waals surface area contributed by atoms with Gasteiger partial charge in [0, 0.05) is 37.6 Å². The van der Waals surface area contributed by atoms with Crippen LogP contribution >= 0.6 is 0 Å². The fraction of sp³-hybridized carbons (Fsp3) is 0.529. The second kappa shape index (κ2) is 8.19. The zero-order valence-electron chi connectivity index (χ0n) is 16.0. The van der Waals surface area contributed by atoms with Crippen molar-refractivity contribution < 1.29 is 23.9 Å². The summed E-state index contributed by atoms with van der Waals surface area (Å²) in [5.74, 6) is -0.987. The van der Waals surface area contributed by atoms with E-state index in [0.29, 0.717) is 38.6 Å². The highest BCUT2D eigenvalue weighted by Gasteiger charge is 2.26. The first kappa shape index (κ1) is 19.5. The van der Waals surface area contributed by atoms with E-state index in [4.69, 9.17) is 9.47 Å². The number of aryl methyl sites for hydroxylation is 2. The molecule has 0 spiro atoms. The number of carbonyl (C=O) groups is 3. The van der Waals surface area contributed by atoms with Gasteiger partial charge >= 0.3 is 12.1 Å². The normalized spacial score (nSPS) is 14.2. The van der Waals surface area contributed by atoms with Crippen LogP contribution < -0.4 is 0 Å². The van der Waals surface area contributed by atoms with Gasteiger partial charge in [-0.05, 0) is 26.8 Å². The minimum absolute atomic E-state index is 0.152. The Morgan fingerprint density at radius 3 is 2.39 bits per heavy atom. The molecule has 2 aromatic rings.